The molecule has 0 aliphatic carbocycles. The van der Waals surface area contributed by atoms with Crippen molar-refractivity contribution >= 4 is 19.1 Å². The third-order valence-electron chi connectivity index (χ3n) is 3.45. The molecule has 0 N–H and O–H groups in total. The van der Waals surface area contributed by atoms with Crippen molar-refractivity contribution in [1.29, 1.82) is 0 Å². The number of fused-ring (bicyclic) bond motifs is 1. The first-order chi connectivity index (χ1) is 9.07. The number of nitrogens with zero attached hydrogens (tertiary/aromatic N) is 1. The van der Waals surface area contributed by atoms with Gasteiger partial charge >= 0.3 is 0 Å². The number of benzene rings is 2. The highest BCUT2D eigenvalue weighted by Gasteiger charge is 2.22. The molecule has 0 fully saturated rings. The van der Waals surface area contributed by atoms with E-state index in [2.05, 4.69) is 84.5 Å². The Kier molecular flexibility index (Phi) is 2.83. The quantitative estimate of drug-likeness (QED) is 0.575. The van der Waals surface area contributed by atoms with Gasteiger partial charge in [-0.25, -0.2) is 0 Å². The van der Waals surface area contributed by atoms with E-state index in [1.807, 2.05) is 0 Å². The summed E-state index contributed by atoms with van der Waals surface area (Å²) >= 11 is 0. The van der Waals surface area contributed by atoms with E-state index in [1.165, 1.54) is 22.2 Å². The summed E-state index contributed by atoms with van der Waals surface area (Å²) in [5.74, 6) is 0. The molecule has 0 saturated carbocycles. The van der Waals surface area contributed by atoms with Gasteiger partial charge in [0.05, 0.1) is 0 Å². The summed E-state index contributed by atoms with van der Waals surface area (Å²) < 4.78 is 2.57. The lowest BCUT2D eigenvalue weighted by Crippen LogP contribution is -2.32. The van der Waals surface area contributed by atoms with Crippen LogP contribution in [0.5, 0.6) is 0 Å². The van der Waals surface area contributed by atoms with Gasteiger partial charge in [-0.05, 0) is 23.1 Å². The van der Waals surface area contributed by atoms with E-state index in [4.69, 9.17) is 0 Å². The highest BCUT2D eigenvalue weighted by atomic mass is 28.3. The average Bonchev–Trinajstić information content (AvgIpc) is 2.79. The zero-order valence-corrected chi connectivity index (χ0v) is 12.7. The van der Waals surface area contributed by atoms with Crippen LogP contribution in [0.4, 0.5) is 0 Å². The minimum atomic E-state index is -1.46. The molecule has 3 aromatic rings. The highest BCUT2D eigenvalue weighted by Crippen LogP contribution is 2.31. The van der Waals surface area contributed by atoms with Gasteiger partial charge in [-0.15, -0.1) is 0 Å². The Labute approximate surface area is 115 Å². The van der Waals surface area contributed by atoms with Crippen LogP contribution in [0.1, 0.15) is 0 Å². The zero-order chi connectivity index (χ0) is 13.5. The summed E-state index contributed by atoms with van der Waals surface area (Å²) in [6, 6.07) is 21.7. The summed E-state index contributed by atoms with van der Waals surface area (Å²) in [5, 5.41) is 1.34. The summed E-state index contributed by atoms with van der Waals surface area (Å²) in [5.41, 5.74) is 4.02. The molecular weight excluding hydrogens is 246 g/mol. The number of rotatable bonds is 2. The normalized spacial score (nSPS) is 11.9. The van der Waals surface area contributed by atoms with E-state index in [1.54, 1.807) is 0 Å². The molecule has 0 radical (unpaired) electrons. The Hall–Kier alpha value is -1.80. The number of aromatic nitrogens is 1. The van der Waals surface area contributed by atoms with Crippen molar-refractivity contribution in [3.8, 4) is 11.3 Å². The first-order valence-electron chi connectivity index (χ1n) is 6.74. The van der Waals surface area contributed by atoms with Gasteiger partial charge in [0.15, 0.2) is 8.24 Å². The maximum absolute atomic E-state index is 2.57. The average molecular weight is 265 g/mol. The molecule has 19 heavy (non-hydrogen) atoms. The predicted molar refractivity (Wildman–Crippen MR) is 86.1 cm³/mol. The summed E-state index contributed by atoms with van der Waals surface area (Å²) in [7, 11) is -1.46. The summed E-state index contributed by atoms with van der Waals surface area (Å²) in [6.07, 6.45) is 0. The van der Waals surface area contributed by atoms with Gasteiger partial charge < -0.3 is 4.23 Å². The third kappa shape index (κ3) is 2.12. The first kappa shape index (κ1) is 12.2. The maximum Gasteiger partial charge on any atom is 0.153 e. The lowest BCUT2D eigenvalue weighted by Gasteiger charge is -2.24. The van der Waals surface area contributed by atoms with E-state index >= 15 is 0 Å². The second kappa shape index (κ2) is 4.39. The van der Waals surface area contributed by atoms with Crippen LogP contribution in [-0.4, -0.2) is 12.5 Å². The van der Waals surface area contributed by atoms with Crippen LogP contribution in [0.3, 0.4) is 0 Å². The molecule has 96 valence electrons. The molecule has 2 heteroatoms. The number of para-hydroxylation sites is 1. The van der Waals surface area contributed by atoms with Crippen LogP contribution in [0.25, 0.3) is 22.2 Å². The Morgan fingerprint density at radius 1 is 0.789 bits per heavy atom. The van der Waals surface area contributed by atoms with Crippen molar-refractivity contribution in [2.75, 3.05) is 0 Å². The molecule has 0 unspecified atom stereocenters. The summed E-state index contributed by atoms with van der Waals surface area (Å²) in [6.45, 7) is 7.18. The molecule has 0 amide bonds. The lowest BCUT2D eigenvalue weighted by molar-refractivity contribution is 1.21. The number of hydrogen-bond donors (Lipinski definition) is 0. The van der Waals surface area contributed by atoms with Gasteiger partial charge in [-0.2, -0.15) is 0 Å². The Balaban J connectivity index is 2.36. The van der Waals surface area contributed by atoms with Gasteiger partial charge in [0.25, 0.3) is 0 Å². The molecule has 0 aliphatic rings. The smallest absolute Gasteiger partial charge is 0.153 e. The van der Waals surface area contributed by atoms with E-state index in [0.717, 1.165) is 0 Å². The molecule has 0 spiro atoms. The van der Waals surface area contributed by atoms with Crippen molar-refractivity contribution in [1.82, 2.24) is 4.23 Å². The minimum absolute atomic E-state index is 1.31. The molecule has 1 aromatic heterocycles. The fraction of sp³-hybridized carbons (Fsp3) is 0.176. The fourth-order valence-corrected chi connectivity index (χ4v) is 4.54. The fourth-order valence-electron chi connectivity index (χ4n) is 2.70. The van der Waals surface area contributed by atoms with Crippen LogP contribution in [0.2, 0.25) is 19.6 Å². The van der Waals surface area contributed by atoms with Gasteiger partial charge in [0, 0.05) is 11.2 Å². The zero-order valence-electron chi connectivity index (χ0n) is 11.7. The largest absolute Gasteiger partial charge is 0.368 e. The van der Waals surface area contributed by atoms with Crippen molar-refractivity contribution in [3.63, 3.8) is 0 Å². The maximum atomic E-state index is 2.57. The molecule has 1 heterocycles. The monoisotopic (exact) mass is 265 g/mol. The molecule has 2 aromatic carbocycles. The van der Waals surface area contributed by atoms with Gasteiger partial charge in [-0.3, -0.25) is 0 Å². The van der Waals surface area contributed by atoms with Gasteiger partial charge in [-0.1, -0.05) is 68.2 Å². The van der Waals surface area contributed by atoms with E-state index in [0.29, 0.717) is 0 Å². The van der Waals surface area contributed by atoms with Crippen molar-refractivity contribution in [3.05, 3.63) is 60.7 Å². The van der Waals surface area contributed by atoms with Crippen LogP contribution >= 0.6 is 0 Å². The van der Waals surface area contributed by atoms with Gasteiger partial charge in [0.2, 0.25) is 0 Å². The van der Waals surface area contributed by atoms with Gasteiger partial charge in [0.1, 0.15) is 0 Å². The molecule has 0 aliphatic heterocycles. The van der Waals surface area contributed by atoms with E-state index in [-0.39, 0.29) is 0 Å². The van der Waals surface area contributed by atoms with Crippen LogP contribution in [-0.2, 0) is 0 Å². The number of hydrogen-bond acceptors (Lipinski definition) is 0. The second-order valence-electron chi connectivity index (χ2n) is 5.96. The molecule has 1 nitrogen and oxygen atoms in total. The predicted octanol–water partition coefficient (Wildman–Crippen LogP) is 4.99. The van der Waals surface area contributed by atoms with E-state index in [9.17, 15) is 0 Å². The second-order valence-corrected chi connectivity index (χ2v) is 10.7. The Bertz CT molecular complexity index is 705. The molecule has 0 bridgehead atoms. The molecule has 0 saturated heterocycles. The third-order valence-corrected chi connectivity index (χ3v) is 5.27. The first-order valence-corrected chi connectivity index (χ1v) is 10.2. The van der Waals surface area contributed by atoms with E-state index < -0.39 is 8.24 Å². The topological polar surface area (TPSA) is 4.93 Å². The van der Waals surface area contributed by atoms with Crippen LogP contribution in [0, 0.1) is 0 Å². The Morgan fingerprint density at radius 2 is 1.42 bits per heavy atom. The van der Waals surface area contributed by atoms with Crippen molar-refractivity contribution < 1.29 is 0 Å². The molecule has 3 rings (SSSR count). The van der Waals surface area contributed by atoms with Crippen LogP contribution in [0.15, 0.2) is 60.7 Å². The Morgan fingerprint density at radius 3 is 2.11 bits per heavy atom. The SMILES string of the molecule is C[Si](C)(C)n1c(-c2ccccc2)cc2ccccc21. The molecular formula is C17H19NSi. The highest BCUT2D eigenvalue weighted by molar-refractivity contribution is 6.75. The van der Waals surface area contributed by atoms with Crippen molar-refractivity contribution in [2.24, 2.45) is 0 Å². The molecule has 0 atom stereocenters. The lowest BCUT2D eigenvalue weighted by atomic mass is 10.1. The standard InChI is InChI=1S/C17H19NSi/c1-19(2,3)18-16-12-8-7-11-15(16)13-17(18)14-9-5-4-6-10-14/h4-13H,1-3H3. The summed E-state index contributed by atoms with van der Waals surface area (Å²) in [4.78, 5) is 0. The van der Waals surface area contributed by atoms with Crippen molar-refractivity contribution in [2.45, 2.75) is 19.6 Å². The minimum Gasteiger partial charge on any atom is -0.368 e. The van der Waals surface area contributed by atoms with Crippen LogP contribution < -0.4 is 0 Å².